The average Bonchev–Trinajstić information content (AvgIpc) is 3.53. The number of anilines is 1. The summed E-state index contributed by atoms with van der Waals surface area (Å²) in [5, 5.41) is 13.6. The average molecular weight is 563 g/mol. The minimum atomic E-state index is -1.27. The van der Waals surface area contributed by atoms with E-state index in [4.69, 9.17) is 9.84 Å². The Hall–Kier alpha value is -4.64. The predicted molar refractivity (Wildman–Crippen MR) is 143 cm³/mol. The van der Waals surface area contributed by atoms with Crippen LogP contribution in [0.4, 0.5) is 23.7 Å². The fraction of sp³-hybridized carbons (Fsp3) is 0.233. The van der Waals surface area contributed by atoms with Gasteiger partial charge in [-0.2, -0.15) is 5.10 Å². The van der Waals surface area contributed by atoms with E-state index in [0.29, 0.717) is 67.7 Å². The zero-order valence-electron chi connectivity index (χ0n) is 21.8. The summed E-state index contributed by atoms with van der Waals surface area (Å²) in [5.41, 5.74) is 1.51. The van der Waals surface area contributed by atoms with Gasteiger partial charge in [0.15, 0.2) is 11.6 Å². The van der Waals surface area contributed by atoms with Crippen molar-refractivity contribution >= 4 is 17.7 Å². The molecule has 210 valence electrons. The SMILES string of the molecule is O=C(O)c1ccc(N2CC3(CCN(Cc4cnn(-c5ccccc5)c4-c4cc(F)c(F)cc4F)CC3)OC2=O)cc1. The minimum Gasteiger partial charge on any atom is -0.478 e. The molecule has 1 aromatic heterocycles. The highest BCUT2D eigenvalue weighted by molar-refractivity contribution is 5.92. The molecule has 1 N–H and O–H groups in total. The van der Waals surface area contributed by atoms with Crippen molar-refractivity contribution in [2.45, 2.75) is 25.0 Å². The van der Waals surface area contributed by atoms with Gasteiger partial charge in [-0.15, -0.1) is 0 Å². The summed E-state index contributed by atoms with van der Waals surface area (Å²) >= 11 is 0. The van der Waals surface area contributed by atoms with Gasteiger partial charge in [-0.3, -0.25) is 9.80 Å². The van der Waals surface area contributed by atoms with Crippen molar-refractivity contribution in [1.29, 1.82) is 0 Å². The monoisotopic (exact) mass is 562 g/mol. The fourth-order valence-electron chi connectivity index (χ4n) is 5.48. The number of carbonyl (C=O) groups excluding carboxylic acids is 1. The number of hydrogen-bond acceptors (Lipinski definition) is 5. The van der Waals surface area contributed by atoms with Gasteiger partial charge in [-0.05, 0) is 42.5 Å². The zero-order chi connectivity index (χ0) is 28.7. The Bertz CT molecular complexity index is 1620. The van der Waals surface area contributed by atoms with Crippen LogP contribution in [0, 0.1) is 17.5 Å². The molecule has 2 fully saturated rings. The largest absolute Gasteiger partial charge is 0.478 e. The number of ether oxygens (including phenoxy) is 1. The highest BCUT2D eigenvalue weighted by Crippen LogP contribution is 2.37. The van der Waals surface area contributed by atoms with Crippen molar-refractivity contribution in [2.75, 3.05) is 24.5 Å². The summed E-state index contributed by atoms with van der Waals surface area (Å²) in [6.45, 7) is 1.83. The molecular weight excluding hydrogens is 537 g/mol. The number of carboxylic acid groups (broad SMARTS) is 1. The first-order chi connectivity index (χ1) is 19.7. The van der Waals surface area contributed by atoms with Crippen LogP contribution in [0.25, 0.3) is 16.9 Å². The molecule has 0 bridgehead atoms. The van der Waals surface area contributed by atoms with Crippen LogP contribution >= 0.6 is 0 Å². The number of piperidine rings is 1. The number of halogens is 3. The first-order valence-corrected chi connectivity index (χ1v) is 13.1. The molecule has 41 heavy (non-hydrogen) atoms. The molecule has 0 unspecified atom stereocenters. The highest BCUT2D eigenvalue weighted by atomic mass is 19.2. The number of benzene rings is 3. The van der Waals surface area contributed by atoms with Crippen LogP contribution in [-0.4, -0.2) is 57.1 Å². The number of hydrogen-bond donors (Lipinski definition) is 1. The van der Waals surface area contributed by atoms with Gasteiger partial charge in [0.2, 0.25) is 0 Å². The number of aromatic carboxylic acids is 1. The third-order valence-electron chi connectivity index (χ3n) is 7.67. The second-order valence-corrected chi connectivity index (χ2v) is 10.3. The van der Waals surface area contributed by atoms with Gasteiger partial charge in [0, 0.05) is 55.4 Å². The normalized spacial score (nSPS) is 16.8. The third-order valence-corrected chi connectivity index (χ3v) is 7.67. The van der Waals surface area contributed by atoms with Gasteiger partial charge in [0.1, 0.15) is 11.4 Å². The number of nitrogens with zero attached hydrogens (tertiary/aromatic N) is 4. The van der Waals surface area contributed by atoms with Crippen molar-refractivity contribution in [3.05, 3.63) is 102 Å². The maximum atomic E-state index is 15.0. The quantitative estimate of drug-likeness (QED) is 0.306. The van der Waals surface area contributed by atoms with E-state index >= 15 is 0 Å². The smallest absolute Gasteiger partial charge is 0.415 e. The number of carboxylic acids is 1. The van der Waals surface area contributed by atoms with Crippen LogP contribution in [0.1, 0.15) is 28.8 Å². The Kier molecular flexibility index (Phi) is 6.74. The fourth-order valence-corrected chi connectivity index (χ4v) is 5.48. The number of aromatic nitrogens is 2. The van der Waals surface area contributed by atoms with E-state index in [9.17, 15) is 22.8 Å². The number of rotatable bonds is 6. The molecule has 3 aromatic carbocycles. The Morgan fingerprint density at radius 1 is 0.927 bits per heavy atom. The molecule has 8 nitrogen and oxygen atoms in total. The van der Waals surface area contributed by atoms with Crippen LogP contribution in [0.5, 0.6) is 0 Å². The minimum absolute atomic E-state index is 0.0944. The van der Waals surface area contributed by atoms with E-state index in [1.165, 1.54) is 21.7 Å². The molecule has 11 heteroatoms. The summed E-state index contributed by atoms with van der Waals surface area (Å²) in [6, 6.07) is 16.5. The van der Waals surface area contributed by atoms with E-state index in [-0.39, 0.29) is 11.1 Å². The Morgan fingerprint density at radius 3 is 2.29 bits per heavy atom. The van der Waals surface area contributed by atoms with E-state index in [1.54, 1.807) is 42.6 Å². The molecule has 4 aromatic rings. The van der Waals surface area contributed by atoms with Gasteiger partial charge in [-0.25, -0.2) is 27.4 Å². The number of amides is 1. The maximum absolute atomic E-state index is 15.0. The molecule has 0 aliphatic carbocycles. The molecule has 2 aliphatic rings. The lowest BCUT2D eigenvalue weighted by molar-refractivity contribution is -0.000943. The van der Waals surface area contributed by atoms with Crippen molar-refractivity contribution in [2.24, 2.45) is 0 Å². The van der Waals surface area contributed by atoms with E-state index < -0.39 is 35.1 Å². The molecule has 0 radical (unpaired) electrons. The van der Waals surface area contributed by atoms with Crippen molar-refractivity contribution in [3.63, 3.8) is 0 Å². The molecular formula is C30H25F3N4O4. The van der Waals surface area contributed by atoms with Gasteiger partial charge < -0.3 is 9.84 Å². The lowest BCUT2D eigenvalue weighted by Gasteiger charge is -2.37. The van der Waals surface area contributed by atoms with Gasteiger partial charge >= 0.3 is 12.1 Å². The molecule has 2 saturated heterocycles. The van der Waals surface area contributed by atoms with Crippen LogP contribution < -0.4 is 4.90 Å². The van der Waals surface area contributed by atoms with E-state index in [0.717, 1.165) is 6.07 Å². The highest BCUT2D eigenvalue weighted by Gasteiger charge is 2.47. The van der Waals surface area contributed by atoms with Crippen molar-refractivity contribution < 1.29 is 32.6 Å². The summed E-state index contributed by atoms with van der Waals surface area (Å²) in [6.07, 6.45) is 2.21. The Balaban J connectivity index is 1.21. The molecule has 2 aliphatic heterocycles. The standard InChI is InChI=1S/C30H25F3N4O4/c31-24-15-26(33)25(32)14-23(24)27-20(16-34-37(27)22-4-2-1-3-5-22)17-35-12-10-30(11-13-35)18-36(29(40)41-30)21-8-6-19(7-9-21)28(38)39/h1-9,14-16H,10-13,17-18H2,(H,38,39). The molecule has 3 heterocycles. The second kappa shape index (κ2) is 10.4. The Labute approximate surface area is 233 Å². The van der Waals surface area contributed by atoms with E-state index in [2.05, 4.69) is 10.00 Å². The maximum Gasteiger partial charge on any atom is 0.415 e. The van der Waals surface area contributed by atoms with E-state index in [1.807, 2.05) is 6.07 Å². The third kappa shape index (κ3) is 5.04. The topological polar surface area (TPSA) is 87.9 Å². The molecule has 0 atom stereocenters. The van der Waals surface area contributed by atoms with Gasteiger partial charge in [0.25, 0.3) is 0 Å². The predicted octanol–water partition coefficient (Wildman–Crippen LogP) is 5.65. The number of likely N-dealkylation sites (tertiary alicyclic amines) is 1. The molecule has 1 amide bonds. The van der Waals surface area contributed by atoms with Crippen LogP contribution in [-0.2, 0) is 11.3 Å². The van der Waals surface area contributed by atoms with Crippen molar-refractivity contribution in [1.82, 2.24) is 14.7 Å². The first kappa shape index (κ1) is 26.6. The van der Waals surface area contributed by atoms with Crippen LogP contribution in [0.3, 0.4) is 0 Å². The summed E-state index contributed by atoms with van der Waals surface area (Å²) in [7, 11) is 0. The van der Waals surface area contributed by atoms with Crippen LogP contribution in [0.15, 0.2) is 72.9 Å². The first-order valence-electron chi connectivity index (χ1n) is 13.1. The van der Waals surface area contributed by atoms with Gasteiger partial charge in [-0.1, -0.05) is 18.2 Å². The summed E-state index contributed by atoms with van der Waals surface area (Å²) in [5.74, 6) is -4.36. The van der Waals surface area contributed by atoms with Crippen LogP contribution in [0.2, 0.25) is 0 Å². The molecule has 0 saturated carbocycles. The lowest BCUT2D eigenvalue weighted by atomic mass is 9.91. The Morgan fingerprint density at radius 2 is 1.61 bits per heavy atom. The summed E-state index contributed by atoms with van der Waals surface area (Å²) in [4.78, 5) is 27.5. The number of carbonyl (C=O) groups is 2. The summed E-state index contributed by atoms with van der Waals surface area (Å²) < 4.78 is 50.3. The lowest BCUT2D eigenvalue weighted by Crippen LogP contribution is -2.46. The van der Waals surface area contributed by atoms with Gasteiger partial charge in [0.05, 0.1) is 29.7 Å². The second-order valence-electron chi connectivity index (χ2n) is 10.3. The number of para-hydroxylation sites is 1. The van der Waals surface area contributed by atoms with Crippen molar-refractivity contribution in [3.8, 4) is 16.9 Å². The molecule has 6 rings (SSSR count). The zero-order valence-corrected chi connectivity index (χ0v) is 21.8. The molecule has 1 spiro atoms.